The number of rotatable bonds is 10. The first kappa shape index (κ1) is 17.8. The average molecular weight is 302 g/mol. The monoisotopic (exact) mass is 302 g/mol. The molecule has 1 aromatic rings. The molecule has 2 N–H and O–H groups in total. The Morgan fingerprint density at radius 2 is 1.57 bits per heavy atom. The summed E-state index contributed by atoms with van der Waals surface area (Å²) >= 11 is 0. The van der Waals surface area contributed by atoms with Crippen molar-refractivity contribution in [2.45, 2.75) is 20.4 Å². The van der Waals surface area contributed by atoms with E-state index in [1.807, 2.05) is 13.8 Å². The second-order valence-corrected chi connectivity index (χ2v) is 4.46. The molecule has 6 heteroatoms. The van der Waals surface area contributed by atoms with Crippen LogP contribution in [0.15, 0.2) is 12.1 Å². The summed E-state index contributed by atoms with van der Waals surface area (Å²) in [5.74, 6) is -1.75. The highest BCUT2D eigenvalue weighted by atomic mass is 19.2. The molecule has 4 nitrogen and oxygen atoms in total. The maximum Gasteiger partial charge on any atom is 0.182 e. The molecular weight excluding hydrogens is 278 g/mol. The fourth-order valence-corrected chi connectivity index (χ4v) is 1.97. The molecular formula is C15H24F2N2O2. The van der Waals surface area contributed by atoms with Crippen molar-refractivity contribution in [3.8, 4) is 0 Å². The summed E-state index contributed by atoms with van der Waals surface area (Å²) < 4.78 is 38.6. The third kappa shape index (κ3) is 5.22. The third-order valence-electron chi connectivity index (χ3n) is 3.12. The van der Waals surface area contributed by atoms with E-state index in [0.717, 1.165) is 0 Å². The van der Waals surface area contributed by atoms with Gasteiger partial charge in [-0.25, -0.2) is 8.78 Å². The predicted octanol–water partition coefficient (Wildman–Crippen LogP) is 2.30. The molecule has 0 aromatic heterocycles. The zero-order valence-electron chi connectivity index (χ0n) is 12.7. The largest absolute Gasteiger partial charge is 0.380 e. The van der Waals surface area contributed by atoms with Gasteiger partial charge in [-0.3, -0.25) is 0 Å². The lowest BCUT2D eigenvalue weighted by Crippen LogP contribution is -2.32. The van der Waals surface area contributed by atoms with E-state index in [-0.39, 0.29) is 17.8 Å². The van der Waals surface area contributed by atoms with Crippen LogP contribution in [0.4, 0.5) is 14.5 Å². The van der Waals surface area contributed by atoms with Gasteiger partial charge in [0.2, 0.25) is 0 Å². The fourth-order valence-electron chi connectivity index (χ4n) is 1.97. The van der Waals surface area contributed by atoms with Gasteiger partial charge in [0.1, 0.15) is 0 Å². The summed E-state index contributed by atoms with van der Waals surface area (Å²) in [6.07, 6.45) is 0. The van der Waals surface area contributed by atoms with E-state index in [9.17, 15) is 8.78 Å². The number of ether oxygens (including phenoxy) is 2. The summed E-state index contributed by atoms with van der Waals surface area (Å²) in [6.45, 7) is 6.76. The van der Waals surface area contributed by atoms with Gasteiger partial charge >= 0.3 is 0 Å². The molecule has 0 unspecified atom stereocenters. The van der Waals surface area contributed by atoms with Gasteiger partial charge in [-0.2, -0.15) is 0 Å². The van der Waals surface area contributed by atoms with Gasteiger partial charge in [0, 0.05) is 38.4 Å². The Labute approximate surface area is 124 Å². The minimum Gasteiger partial charge on any atom is -0.380 e. The fraction of sp³-hybridized carbons (Fsp3) is 0.600. The average Bonchev–Trinajstić information content (AvgIpc) is 2.49. The van der Waals surface area contributed by atoms with Crippen molar-refractivity contribution >= 4 is 5.69 Å². The zero-order chi connectivity index (χ0) is 15.7. The molecule has 0 aliphatic rings. The molecule has 0 heterocycles. The number of halogens is 2. The van der Waals surface area contributed by atoms with E-state index in [4.69, 9.17) is 15.2 Å². The van der Waals surface area contributed by atoms with Crippen LogP contribution in [-0.2, 0) is 16.0 Å². The van der Waals surface area contributed by atoms with Gasteiger partial charge in [0.05, 0.1) is 18.9 Å². The minimum absolute atomic E-state index is 0.0269. The molecule has 0 saturated heterocycles. The summed E-state index contributed by atoms with van der Waals surface area (Å²) in [6, 6.07) is 3.07. The Kier molecular flexibility index (Phi) is 8.19. The van der Waals surface area contributed by atoms with Crippen LogP contribution in [0.5, 0.6) is 0 Å². The highest BCUT2D eigenvalue weighted by Crippen LogP contribution is 2.24. The quantitative estimate of drug-likeness (QED) is 0.674. The molecule has 21 heavy (non-hydrogen) atoms. The predicted molar refractivity (Wildman–Crippen MR) is 79.4 cm³/mol. The van der Waals surface area contributed by atoms with Crippen LogP contribution in [-0.4, -0.2) is 39.5 Å². The number of nitrogens with zero attached hydrogens (tertiary/aromatic N) is 1. The number of benzene rings is 1. The van der Waals surface area contributed by atoms with Crippen LogP contribution in [0.2, 0.25) is 0 Å². The van der Waals surface area contributed by atoms with E-state index in [0.29, 0.717) is 39.5 Å². The summed E-state index contributed by atoms with van der Waals surface area (Å²) in [7, 11) is 0. The van der Waals surface area contributed by atoms with Crippen LogP contribution in [0, 0.1) is 11.6 Å². The second-order valence-electron chi connectivity index (χ2n) is 4.46. The van der Waals surface area contributed by atoms with Crippen molar-refractivity contribution in [3.05, 3.63) is 29.3 Å². The highest BCUT2D eigenvalue weighted by molar-refractivity contribution is 5.50. The van der Waals surface area contributed by atoms with Crippen molar-refractivity contribution in [3.63, 3.8) is 0 Å². The smallest absolute Gasteiger partial charge is 0.182 e. The second kappa shape index (κ2) is 9.65. The molecule has 0 fully saturated rings. The van der Waals surface area contributed by atoms with Crippen LogP contribution in [0.25, 0.3) is 0 Å². The first-order valence-corrected chi connectivity index (χ1v) is 7.23. The minimum atomic E-state index is -0.882. The number of hydrogen-bond acceptors (Lipinski definition) is 4. The molecule has 0 spiro atoms. The van der Waals surface area contributed by atoms with Crippen molar-refractivity contribution in [1.82, 2.24) is 0 Å². The van der Waals surface area contributed by atoms with Gasteiger partial charge in [0.15, 0.2) is 11.6 Å². The van der Waals surface area contributed by atoms with E-state index in [1.165, 1.54) is 6.07 Å². The zero-order valence-corrected chi connectivity index (χ0v) is 12.7. The molecule has 0 bridgehead atoms. The van der Waals surface area contributed by atoms with E-state index < -0.39 is 11.6 Å². The Morgan fingerprint density at radius 3 is 2.05 bits per heavy atom. The van der Waals surface area contributed by atoms with Crippen molar-refractivity contribution in [2.75, 3.05) is 44.4 Å². The molecule has 0 atom stereocenters. The molecule has 0 amide bonds. The molecule has 1 rings (SSSR count). The lowest BCUT2D eigenvalue weighted by molar-refractivity contribution is 0.141. The summed E-state index contributed by atoms with van der Waals surface area (Å²) in [5, 5.41) is 0. The summed E-state index contributed by atoms with van der Waals surface area (Å²) in [5.41, 5.74) is 5.77. The summed E-state index contributed by atoms with van der Waals surface area (Å²) in [4.78, 5) is 1.73. The lowest BCUT2D eigenvalue weighted by Gasteiger charge is -2.25. The maximum absolute atomic E-state index is 14.2. The van der Waals surface area contributed by atoms with Gasteiger partial charge < -0.3 is 20.1 Å². The lowest BCUT2D eigenvalue weighted by atomic mass is 10.1. The first-order valence-electron chi connectivity index (χ1n) is 7.23. The Morgan fingerprint density at radius 1 is 1.00 bits per heavy atom. The maximum atomic E-state index is 14.2. The third-order valence-corrected chi connectivity index (χ3v) is 3.12. The van der Waals surface area contributed by atoms with Gasteiger partial charge in [0.25, 0.3) is 0 Å². The molecule has 0 aliphatic heterocycles. The van der Waals surface area contributed by atoms with Gasteiger partial charge in [-0.1, -0.05) is 6.07 Å². The van der Waals surface area contributed by atoms with Gasteiger partial charge in [-0.05, 0) is 19.9 Å². The van der Waals surface area contributed by atoms with E-state index >= 15 is 0 Å². The SMILES string of the molecule is CCOCCN(CCOCC)c1ccc(CN)c(F)c1F. The first-order chi connectivity index (χ1) is 10.2. The number of anilines is 1. The standard InChI is InChI=1S/C15H24F2N2O2/c1-3-20-9-7-19(8-10-21-4-2)13-6-5-12(11-18)14(16)15(13)17/h5-6H,3-4,7-11,18H2,1-2H3. The Balaban J connectivity index is 2.87. The van der Waals surface area contributed by atoms with Crippen molar-refractivity contribution in [2.24, 2.45) is 5.73 Å². The normalized spacial score (nSPS) is 10.9. The Hall–Kier alpha value is -1.24. The van der Waals surface area contributed by atoms with Crippen molar-refractivity contribution < 1.29 is 18.3 Å². The van der Waals surface area contributed by atoms with Crippen LogP contribution >= 0.6 is 0 Å². The van der Waals surface area contributed by atoms with Crippen molar-refractivity contribution in [1.29, 1.82) is 0 Å². The number of nitrogens with two attached hydrogens (primary N) is 1. The van der Waals surface area contributed by atoms with Crippen LogP contribution in [0.1, 0.15) is 19.4 Å². The molecule has 120 valence electrons. The van der Waals surface area contributed by atoms with Crippen LogP contribution in [0.3, 0.4) is 0 Å². The molecule has 0 radical (unpaired) electrons. The number of hydrogen-bond donors (Lipinski definition) is 1. The molecule has 0 aliphatic carbocycles. The van der Waals surface area contributed by atoms with E-state index in [1.54, 1.807) is 11.0 Å². The Bertz CT molecular complexity index is 420. The molecule has 0 saturated carbocycles. The topological polar surface area (TPSA) is 47.7 Å². The van der Waals surface area contributed by atoms with Crippen LogP contribution < -0.4 is 10.6 Å². The highest BCUT2D eigenvalue weighted by Gasteiger charge is 2.17. The molecule has 1 aromatic carbocycles. The van der Waals surface area contributed by atoms with E-state index in [2.05, 4.69) is 0 Å². The van der Waals surface area contributed by atoms with Gasteiger partial charge in [-0.15, -0.1) is 0 Å².